The third kappa shape index (κ3) is 3.15. The number of rotatable bonds is 5. The summed E-state index contributed by atoms with van der Waals surface area (Å²) >= 11 is 0. The minimum Gasteiger partial charge on any atom is -0.380 e. The molecule has 2 aromatic heterocycles. The van der Waals surface area contributed by atoms with Gasteiger partial charge in [-0.2, -0.15) is 4.31 Å². The van der Waals surface area contributed by atoms with Crippen LogP contribution in [0.1, 0.15) is 25.2 Å². The van der Waals surface area contributed by atoms with Crippen LogP contribution in [-0.4, -0.2) is 53.2 Å². The number of hydrogen-bond acceptors (Lipinski definition) is 5. The summed E-state index contributed by atoms with van der Waals surface area (Å²) in [6, 6.07) is 3.45. The molecule has 0 aromatic carbocycles. The number of aromatic nitrogens is 3. The number of sulfonamides is 1. The molecule has 0 amide bonds. The van der Waals surface area contributed by atoms with Crippen LogP contribution < -0.4 is 0 Å². The van der Waals surface area contributed by atoms with Crippen molar-refractivity contribution in [1.82, 2.24) is 19.3 Å². The van der Waals surface area contributed by atoms with Gasteiger partial charge in [0.15, 0.2) is 0 Å². The van der Waals surface area contributed by atoms with E-state index < -0.39 is 10.0 Å². The molecule has 0 radical (unpaired) electrons. The molecule has 1 aliphatic rings. The number of pyridine rings is 1. The van der Waals surface area contributed by atoms with E-state index in [0.717, 1.165) is 11.3 Å². The predicted molar refractivity (Wildman–Crippen MR) is 86.1 cm³/mol. The summed E-state index contributed by atoms with van der Waals surface area (Å²) in [5.41, 5.74) is 1.74. The van der Waals surface area contributed by atoms with Gasteiger partial charge in [-0.3, -0.25) is 4.98 Å². The zero-order chi connectivity index (χ0) is 16.4. The monoisotopic (exact) mass is 336 g/mol. The third-order valence-corrected chi connectivity index (χ3v) is 6.00. The van der Waals surface area contributed by atoms with Crippen LogP contribution in [0, 0.1) is 0 Å². The Balaban J connectivity index is 1.92. The van der Waals surface area contributed by atoms with Crippen LogP contribution in [0.15, 0.2) is 30.7 Å². The Morgan fingerprint density at radius 3 is 2.91 bits per heavy atom. The second-order valence-corrected chi connectivity index (χ2v) is 7.71. The molecular formula is C15H20N4O3S. The van der Waals surface area contributed by atoms with Gasteiger partial charge in [-0.25, -0.2) is 13.4 Å². The van der Waals surface area contributed by atoms with Crippen molar-refractivity contribution >= 4 is 10.0 Å². The van der Waals surface area contributed by atoms with Gasteiger partial charge in [-0.1, -0.05) is 0 Å². The van der Waals surface area contributed by atoms with Crippen molar-refractivity contribution in [2.24, 2.45) is 0 Å². The van der Waals surface area contributed by atoms with Gasteiger partial charge in [0.2, 0.25) is 10.0 Å². The molecule has 1 aliphatic heterocycles. The fourth-order valence-electron chi connectivity index (χ4n) is 2.84. The van der Waals surface area contributed by atoms with Crippen LogP contribution in [0.4, 0.5) is 0 Å². The van der Waals surface area contributed by atoms with E-state index in [9.17, 15) is 8.42 Å². The average Bonchev–Trinajstić information content (AvgIpc) is 3.22. The maximum atomic E-state index is 12.3. The van der Waals surface area contributed by atoms with Crippen LogP contribution >= 0.6 is 0 Å². The predicted octanol–water partition coefficient (Wildman–Crippen LogP) is 1.58. The standard InChI is InChI=1S/C15H20N4O3S/c1-3-23(20,21)19-10-12(22-2)7-14(19)15-17-9-13(18-15)11-5-4-6-16-8-11/h4-6,8-9,12,14H,3,7,10H2,1-2H3,(H,17,18)/t12-,14+/m1/s1. The topological polar surface area (TPSA) is 88.2 Å². The van der Waals surface area contributed by atoms with Gasteiger partial charge in [0, 0.05) is 31.6 Å². The normalized spacial score (nSPS) is 22.5. The number of nitrogens with zero attached hydrogens (tertiary/aromatic N) is 3. The minimum atomic E-state index is -3.31. The van der Waals surface area contributed by atoms with Gasteiger partial charge in [0.05, 0.1) is 29.8 Å². The fourth-order valence-corrected chi connectivity index (χ4v) is 4.13. The SMILES string of the molecule is CCS(=O)(=O)N1C[C@H](OC)C[C@H]1c1ncc(-c2cccnc2)[nH]1. The number of ether oxygens (including phenoxy) is 1. The first-order chi connectivity index (χ1) is 11.0. The van der Waals surface area contributed by atoms with E-state index in [1.165, 1.54) is 4.31 Å². The maximum absolute atomic E-state index is 12.3. The summed E-state index contributed by atoms with van der Waals surface area (Å²) < 4.78 is 31.5. The van der Waals surface area contributed by atoms with Gasteiger partial charge in [0.25, 0.3) is 0 Å². The number of imidazole rings is 1. The van der Waals surface area contributed by atoms with Crippen LogP contribution in [0.3, 0.4) is 0 Å². The van der Waals surface area contributed by atoms with Gasteiger partial charge in [-0.15, -0.1) is 0 Å². The number of hydrogen-bond donors (Lipinski definition) is 1. The first-order valence-corrected chi connectivity index (χ1v) is 9.13. The smallest absolute Gasteiger partial charge is 0.214 e. The van der Waals surface area contributed by atoms with Crippen molar-refractivity contribution < 1.29 is 13.2 Å². The first kappa shape index (κ1) is 16.1. The van der Waals surface area contributed by atoms with Gasteiger partial charge >= 0.3 is 0 Å². The Kier molecular flexibility index (Phi) is 4.47. The molecule has 0 spiro atoms. The number of methoxy groups -OCH3 is 1. The second kappa shape index (κ2) is 6.38. The van der Waals surface area contributed by atoms with Crippen molar-refractivity contribution in [2.75, 3.05) is 19.4 Å². The molecule has 0 aliphatic carbocycles. The summed E-state index contributed by atoms with van der Waals surface area (Å²) in [5, 5.41) is 0. The first-order valence-electron chi connectivity index (χ1n) is 7.52. The molecule has 0 unspecified atom stereocenters. The van der Waals surface area contributed by atoms with E-state index in [2.05, 4.69) is 15.0 Å². The molecule has 0 bridgehead atoms. The highest BCUT2D eigenvalue weighted by Crippen LogP contribution is 2.35. The van der Waals surface area contributed by atoms with Crippen LogP contribution in [-0.2, 0) is 14.8 Å². The lowest BCUT2D eigenvalue weighted by molar-refractivity contribution is 0.114. The summed E-state index contributed by atoms with van der Waals surface area (Å²) in [7, 11) is -1.71. The molecule has 1 fully saturated rings. The molecule has 7 nitrogen and oxygen atoms in total. The summed E-state index contributed by atoms with van der Waals surface area (Å²) in [4.78, 5) is 11.7. The molecule has 124 valence electrons. The highest BCUT2D eigenvalue weighted by atomic mass is 32.2. The van der Waals surface area contributed by atoms with Crippen LogP contribution in [0.2, 0.25) is 0 Å². The Bertz CT molecular complexity index is 760. The Morgan fingerprint density at radius 1 is 1.43 bits per heavy atom. The molecule has 2 aromatic rings. The highest BCUT2D eigenvalue weighted by Gasteiger charge is 2.41. The maximum Gasteiger partial charge on any atom is 0.214 e. The highest BCUT2D eigenvalue weighted by molar-refractivity contribution is 7.89. The van der Waals surface area contributed by atoms with Gasteiger partial charge in [-0.05, 0) is 25.5 Å². The fraction of sp³-hybridized carbons (Fsp3) is 0.467. The Hall–Kier alpha value is -1.77. The number of nitrogens with one attached hydrogen (secondary N) is 1. The van der Waals surface area contributed by atoms with Crippen molar-refractivity contribution in [3.8, 4) is 11.3 Å². The van der Waals surface area contributed by atoms with E-state index >= 15 is 0 Å². The van der Waals surface area contributed by atoms with Crippen molar-refractivity contribution in [1.29, 1.82) is 0 Å². The third-order valence-electron chi connectivity index (χ3n) is 4.16. The van der Waals surface area contributed by atoms with Crippen molar-refractivity contribution in [2.45, 2.75) is 25.5 Å². The lowest BCUT2D eigenvalue weighted by atomic mass is 10.2. The van der Waals surface area contributed by atoms with Gasteiger partial charge < -0.3 is 9.72 Å². The van der Waals surface area contributed by atoms with E-state index in [1.54, 1.807) is 32.6 Å². The molecule has 2 atom stereocenters. The van der Waals surface area contributed by atoms with E-state index in [-0.39, 0.29) is 17.9 Å². The summed E-state index contributed by atoms with van der Waals surface area (Å²) in [5.74, 6) is 0.705. The molecule has 1 N–H and O–H groups in total. The Morgan fingerprint density at radius 2 is 2.26 bits per heavy atom. The molecule has 1 saturated heterocycles. The van der Waals surface area contributed by atoms with E-state index in [4.69, 9.17) is 4.74 Å². The molecule has 8 heteroatoms. The minimum absolute atomic E-state index is 0.0656. The molecule has 3 heterocycles. The molecule has 3 rings (SSSR count). The van der Waals surface area contributed by atoms with Crippen LogP contribution in [0.5, 0.6) is 0 Å². The quantitative estimate of drug-likeness (QED) is 0.895. The summed E-state index contributed by atoms with van der Waals surface area (Å²) in [6.07, 6.45) is 5.63. The van der Waals surface area contributed by atoms with Crippen LogP contribution in [0.25, 0.3) is 11.3 Å². The van der Waals surface area contributed by atoms with E-state index in [1.807, 2.05) is 12.1 Å². The zero-order valence-electron chi connectivity index (χ0n) is 13.1. The lowest BCUT2D eigenvalue weighted by Gasteiger charge is -2.21. The molecule has 0 saturated carbocycles. The Labute approximate surface area is 135 Å². The number of aromatic amines is 1. The largest absolute Gasteiger partial charge is 0.380 e. The second-order valence-electron chi connectivity index (χ2n) is 5.50. The summed E-state index contributed by atoms with van der Waals surface area (Å²) in [6.45, 7) is 2.01. The van der Waals surface area contributed by atoms with Crippen molar-refractivity contribution in [3.63, 3.8) is 0 Å². The van der Waals surface area contributed by atoms with Gasteiger partial charge in [0.1, 0.15) is 5.82 Å². The zero-order valence-corrected chi connectivity index (χ0v) is 14.0. The van der Waals surface area contributed by atoms with Crippen molar-refractivity contribution in [3.05, 3.63) is 36.5 Å². The average molecular weight is 336 g/mol. The molecular weight excluding hydrogens is 316 g/mol. The molecule has 23 heavy (non-hydrogen) atoms. The lowest BCUT2D eigenvalue weighted by Crippen LogP contribution is -2.33. The van der Waals surface area contributed by atoms with E-state index in [0.29, 0.717) is 18.8 Å². The number of H-pyrrole nitrogens is 1.